The van der Waals surface area contributed by atoms with Crippen LogP contribution in [-0.4, -0.2) is 43.5 Å². The van der Waals surface area contributed by atoms with Gasteiger partial charge in [-0.05, 0) is 18.2 Å². The standard InChI is InChI=1S/C14H16ClFN2O3/c1-21-7-8-5-18(6-11(8)13(17)19)14(20)10-4-9(16)2-3-12(10)15/h2-4,8,11H,5-7H2,1H3,(H2,17,19)/t8-,11+/m0/s1. The monoisotopic (exact) mass is 314 g/mol. The van der Waals surface area contributed by atoms with E-state index in [-0.39, 0.29) is 23.0 Å². The van der Waals surface area contributed by atoms with Crippen molar-refractivity contribution < 1.29 is 18.7 Å². The van der Waals surface area contributed by atoms with Crippen LogP contribution in [0.3, 0.4) is 0 Å². The lowest BCUT2D eigenvalue weighted by Crippen LogP contribution is -2.32. The van der Waals surface area contributed by atoms with E-state index in [1.807, 2.05) is 0 Å². The van der Waals surface area contributed by atoms with E-state index < -0.39 is 23.5 Å². The normalized spacial score (nSPS) is 21.6. The molecule has 2 rings (SSSR count). The summed E-state index contributed by atoms with van der Waals surface area (Å²) >= 11 is 5.94. The number of halogens is 2. The number of primary amides is 1. The van der Waals surface area contributed by atoms with E-state index in [4.69, 9.17) is 22.1 Å². The van der Waals surface area contributed by atoms with Crippen molar-refractivity contribution >= 4 is 23.4 Å². The number of amides is 2. The van der Waals surface area contributed by atoms with Gasteiger partial charge in [0, 0.05) is 26.1 Å². The molecule has 0 saturated carbocycles. The first kappa shape index (κ1) is 15.7. The Morgan fingerprint density at radius 3 is 2.81 bits per heavy atom. The predicted octanol–water partition coefficient (Wildman–Crippen LogP) is 1.30. The maximum atomic E-state index is 13.3. The predicted molar refractivity (Wildman–Crippen MR) is 75.4 cm³/mol. The number of carbonyl (C=O) groups is 2. The Hall–Kier alpha value is -1.66. The molecule has 2 N–H and O–H groups in total. The van der Waals surface area contributed by atoms with Crippen LogP contribution in [-0.2, 0) is 9.53 Å². The maximum Gasteiger partial charge on any atom is 0.255 e. The molecule has 0 aliphatic carbocycles. The van der Waals surface area contributed by atoms with E-state index in [0.717, 1.165) is 6.07 Å². The molecule has 1 fully saturated rings. The quantitative estimate of drug-likeness (QED) is 0.910. The van der Waals surface area contributed by atoms with Gasteiger partial charge < -0.3 is 15.4 Å². The van der Waals surface area contributed by atoms with Gasteiger partial charge in [0.15, 0.2) is 0 Å². The number of hydrogen-bond acceptors (Lipinski definition) is 3. The number of hydrogen-bond donors (Lipinski definition) is 1. The van der Waals surface area contributed by atoms with Crippen molar-refractivity contribution in [3.05, 3.63) is 34.6 Å². The van der Waals surface area contributed by atoms with Gasteiger partial charge >= 0.3 is 0 Å². The molecule has 0 spiro atoms. The van der Waals surface area contributed by atoms with Gasteiger partial charge in [0.1, 0.15) is 5.82 Å². The molecule has 1 aliphatic heterocycles. The van der Waals surface area contributed by atoms with Crippen LogP contribution < -0.4 is 5.73 Å². The van der Waals surface area contributed by atoms with Gasteiger partial charge in [-0.15, -0.1) is 0 Å². The summed E-state index contributed by atoms with van der Waals surface area (Å²) in [6, 6.07) is 3.61. The van der Waals surface area contributed by atoms with Crippen molar-refractivity contribution in [2.75, 3.05) is 26.8 Å². The van der Waals surface area contributed by atoms with Crippen LogP contribution in [0, 0.1) is 17.7 Å². The van der Waals surface area contributed by atoms with Crippen molar-refractivity contribution in [1.82, 2.24) is 4.90 Å². The first-order valence-corrected chi connectivity index (χ1v) is 6.84. The zero-order valence-electron chi connectivity index (χ0n) is 11.5. The van der Waals surface area contributed by atoms with Crippen LogP contribution in [0.25, 0.3) is 0 Å². The Labute approximate surface area is 126 Å². The molecule has 0 aromatic heterocycles. The average Bonchev–Trinajstić information content (AvgIpc) is 2.85. The van der Waals surface area contributed by atoms with Crippen LogP contribution >= 0.6 is 11.6 Å². The van der Waals surface area contributed by atoms with Crippen LogP contribution in [0.2, 0.25) is 5.02 Å². The van der Waals surface area contributed by atoms with E-state index in [0.29, 0.717) is 13.2 Å². The van der Waals surface area contributed by atoms with Gasteiger partial charge in [-0.2, -0.15) is 0 Å². The second-order valence-electron chi connectivity index (χ2n) is 5.06. The minimum absolute atomic E-state index is 0.0814. The zero-order valence-corrected chi connectivity index (χ0v) is 12.3. The summed E-state index contributed by atoms with van der Waals surface area (Å²) in [6.07, 6.45) is 0. The first-order chi connectivity index (χ1) is 9.93. The highest BCUT2D eigenvalue weighted by Crippen LogP contribution is 2.27. The maximum absolute atomic E-state index is 13.3. The molecule has 114 valence electrons. The van der Waals surface area contributed by atoms with Gasteiger partial charge in [0.25, 0.3) is 5.91 Å². The molecule has 1 heterocycles. The zero-order chi connectivity index (χ0) is 15.6. The lowest BCUT2D eigenvalue weighted by molar-refractivity contribution is -0.122. The smallest absolute Gasteiger partial charge is 0.255 e. The van der Waals surface area contributed by atoms with Crippen LogP contribution in [0.4, 0.5) is 4.39 Å². The highest BCUT2D eigenvalue weighted by atomic mass is 35.5. The summed E-state index contributed by atoms with van der Waals surface area (Å²) in [7, 11) is 1.52. The van der Waals surface area contributed by atoms with Gasteiger partial charge in [0.2, 0.25) is 5.91 Å². The minimum Gasteiger partial charge on any atom is -0.384 e. The number of carbonyl (C=O) groups excluding carboxylic acids is 2. The van der Waals surface area contributed by atoms with Crippen molar-refractivity contribution in [2.45, 2.75) is 0 Å². The fraction of sp³-hybridized carbons (Fsp3) is 0.429. The van der Waals surface area contributed by atoms with E-state index in [1.165, 1.54) is 24.1 Å². The molecule has 1 saturated heterocycles. The number of rotatable bonds is 4. The molecular formula is C14H16ClFN2O3. The Morgan fingerprint density at radius 2 is 2.19 bits per heavy atom. The van der Waals surface area contributed by atoms with Crippen molar-refractivity contribution in [3.8, 4) is 0 Å². The van der Waals surface area contributed by atoms with Gasteiger partial charge in [0.05, 0.1) is 23.1 Å². The second-order valence-corrected chi connectivity index (χ2v) is 5.47. The molecular weight excluding hydrogens is 299 g/mol. The topological polar surface area (TPSA) is 72.6 Å². The second kappa shape index (κ2) is 6.41. The molecule has 5 nitrogen and oxygen atoms in total. The number of ether oxygens (including phenoxy) is 1. The SMILES string of the molecule is COC[C@@H]1CN(C(=O)c2cc(F)ccc2Cl)C[C@H]1C(N)=O. The number of nitrogens with two attached hydrogens (primary N) is 1. The van der Waals surface area contributed by atoms with Crippen LogP contribution in [0.1, 0.15) is 10.4 Å². The van der Waals surface area contributed by atoms with Crippen LogP contribution in [0.5, 0.6) is 0 Å². The van der Waals surface area contributed by atoms with E-state index in [2.05, 4.69) is 0 Å². The summed E-state index contributed by atoms with van der Waals surface area (Å²) in [5.74, 6) is -2.06. The highest BCUT2D eigenvalue weighted by Gasteiger charge is 2.39. The van der Waals surface area contributed by atoms with E-state index in [9.17, 15) is 14.0 Å². The molecule has 1 aromatic rings. The first-order valence-electron chi connectivity index (χ1n) is 6.46. The van der Waals surface area contributed by atoms with Crippen molar-refractivity contribution in [3.63, 3.8) is 0 Å². The molecule has 21 heavy (non-hydrogen) atoms. The Balaban J connectivity index is 2.20. The molecule has 1 aliphatic rings. The molecule has 0 unspecified atom stereocenters. The molecule has 1 aromatic carbocycles. The Kier molecular flexibility index (Phi) is 4.80. The van der Waals surface area contributed by atoms with E-state index in [1.54, 1.807) is 0 Å². The summed E-state index contributed by atoms with van der Waals surface area (Å²) in [4.78, 5) is 25.3. The largest absolute Gasteiger partial charge is 0.384 e. The third-order valence-electron chi connectivity index (χ3n) is 3.63. The average molecular weight is 315 g/mol. The van der Waals surface area contributed by atoms with Gasteiger partial charge in [-0.3, -0.25) is 9.59 Å². The Bertz CT molecular complexity index is 567. The molecule has 2 atom stereocenters. The molecule has 0 bridgehead atoms. The lowest BCUT2D eigenvalue weighted by atomic mass is 9.96. The Morgan fingerprint density at radius 1 is 1.48 bits per heavy atom. The van der Waals surface area contributed by atoms with Gasteiger partial charge in [-0.25, -0.2) is 4.39 Å². The minimum atomic E-state index is -0.540. The number of benzene rings is 1. The summed E-state index contributed by atoms with van der Waals surface area (Å²) in [5.41, 5.74) is 5.44. The molecule has 2 amide bonds. The lowest BCUT2D eigenvalue weighted by Gasteiger charge is -2.17. The molecule has 0 radical (unpaired) electrons. The van der Waals surface area contributed by atoms with Crippen molar-refractivity contribution in [2.24, 2.45) is 17.6 Å². The number of likely N-dealkylation sites (tertiary alicyclic amines) is 1. The van der Waals surface area contributed by atoms with E-state index >= 15 is 0 Å². The van der Waals surface area contributed by atoms with Gasteiger partial charge in [-0.1, -0.05) is 11.6 Å². The third kappa shape index (κ3) is 3.33. The van der Waals surface area contributed by atoms with Crippen molar-refractivity contribution in [1.29, 1.82) is 0 Å². The fourth-order valence-electron chi connectivity index (χ4n) is 2.57. The number of methoxy groups -OCH3 is 1. The highest BCUT2D eigenvalue weighted by molar-refractivity contribution is 6.33. The van der Waals surface area contributed by atoms with Crippen LogP contribution in [0.15, 0.2) is 18.2 Å². The summed E-state index contributed by atoms with van der Waals surface area (Å²) < 4.78 is 18.3. The number of nitrogens with zero attached hydrogens (tertiary/aromatic N) is 1. The summed E-state index contributed by atoms with van der Waals surface area (Å²) in [6.45, 7) is 0.844. The third-order valence-corrected chi connectivity index (χ3v) is 3.96. The summed E-state index contributed by atoms with van der Waals surface area (Å²) in [5, 5.41) is 0.173. The fourth-order valence-corrected chi connectivity index (χ4v) is 2.77. The molecule has 7 heteroatoms.